The highest BCUT2D eigenvalue weighted by atomic mass is 32.1. The van der Waals surface area contributed by atoms with E-state index >= 15 is 0 Å². The molecule has 2 N–H and O–H groups in total. The van der Waals surface area contributed by atoms with Crippen LogP contribution in [0.25, 0.3) is 0 Å². The van der Waals surface area contributed by atoms with Gasteiger partial charge in [0.25, 0.3) is 0 Å². The number of nitrogens with two attached hydrogens (primary N) is 1. The van der Waals surface area contributed by atoms with Crippen LogP contribution in [0.2, 0.25) is 0 Å². The van der Waals surface area contributed by atoms with Crippen molar-refractivity contribution < 1.29 is 13.9 Å². The first kappa shape index (κ1) is 15.5. The van der Waals surface area contributed by atoms with Crippen molar-refractivity contribution >= 4 is 29.0 Å². The number of ether oxygens (including phenoxy) is 1. The Labute approximate surface area is 128 Å². The van der Waals surface area contributed by atoms with Crippen LogP contribution in [0.4, 0.5) is 14.9 Å². The number of thiocarbonyl (C=S) groups is 1. The van der Waals surface area contributed by atoms with E-state index in [1.807, 2.05) is 4.90 Å². The summed E-state index contributed by atoms with van der Waals surface area (Å²) in [7, 11) is 0. The SMILES string of the molecule is CCOC(=O)N1CCN(c2cccc(F)c2C(N)=S)CC1. The topological polar surface area (TPSA) is 58.8 Å². The number of benzene rings is 1. The summed E-state index contributed by atoms with van der Waals surface area (Å²) in [5.41, 5.74) is 6.55. The summed E-state index contributed by atoms with van der Waals surface area (Å²) in [5.74, 6) is -0.423. The predicted molar refractivity (Wildman–Crippen MR) is 83.1 cm³/mol. The fraction of sp³-hybridized carbons (Fsp3) is 0.429. The van der Waals surface area contributed by atoms with E-state index in [1.54, 1.807) is 24.0 Å². The molecule has 1 aliphatic rings. The predicted octanol–water partition coefficient (Wildman–Crippen LogP) is 1.74. The molecule has 7 heteroatoms. The number of halogens is 1. The first-order valence-electron chi connectivity index (χ1n) is 6.79. The van der Waals surface area contributed by atoms with Crippen LogP contribution in [0.3, 0.4) is 0 Å². The second-order valence-corrected chi connectivity index (χ2v) is 5.11. The van der Waals surface area contributed by atoms with E-state index in [0.29, 0.717) is 38.5 Å². The largest absolute Gasteiger partial charge is 0.450 e. The monoisotopic (exact) mass is 311 g/mol. The Morgan fingerprint density at radius 1 is 1.38 bits per heavy atom. The van der Waals surface area contributed by atoms with Gasteiger partial charge in [0, 0.05) is 26.2 Å². The van der Waals surface area contributed by atoms with E-state index in [9.17, 15) is 9.18 Å². The summed E-state index contributed by atoms with van der Waals surface area (Å²) in [6.45, 7) is 4.33. The van der Waals surface area contributed by atoms with E-state index in [-0.39, 0.29) is 16.6 Å². The van der Waals surface area contributed by atoms with Gasteiger partial charge in [-0.05, 0) is 19.1 Å². The number of amides is 1. The Morgan fingerprint density at radius 2 is 2.05 bits per heavy atom. The molecular formula is C14H18FN3O2S. The van der Waals surface area contributed by atoms with Crippen molar-refractivity contribution in [2.45, 2.75) is 6.92 Å². The Morgan fingerprint density at radius 3 is 2.62 bits per heavy atom. The van der Waals surface area contributed by atoms with Crippen LogP contribution in [0.5, 0.6) is 0 Å². The minimum Gasteiger partial charge on any atom is -0.450 e. The van der Waals surface area contributed by atoms with Gasteiger partial charge in [-0.2, -0.15) is 0 Å². The van der Waals surface area contributed by atoms with Crippen molar-refractivity contribution in [2.24, 2.45) is 5.73 Å². The smallest absolute Gasteiger partial charge is 0.409 e. The fourth-order valence-electron chi connectivity index (χ4n) is 2.36. The molecule has 0 radical (unpaired) electrons. The summed E-state index contributed by atoms with van der Waals surface area (Å²) >= 11 is 4.93. The Bertz CT molecular complexity index is 545. The van der Waals surface area contributed by atoms with Gasteiger partial charge in [0.1, 0.15) is 10.8 Å². The normalized spacial score (nSPS) is 15.0. The average molecular weight is 311 g/mol. The molecule has 0 atom stereocenters. The van der Waals surface area contributed by atoms with E-state index in [0.717, 1.165) is 0 Å². The van der Waals surface area contributed by atoms with Crippen molar-refractivity contribution in [3.05, 3.63) is 29.6 Å². The zero-order valence-electron chi connectivity index (χ0n) is 11.8. The molecule has 0 aromatic heterocycles. The van der Waals surface area contributed by atoms with E-state index in [1.165, 1.54) is 6.07 Å². The zero-order valence-corrected chi connectivity index (χ0v) is 12.7. The molecule has 5 nitrogen and oxygen atoms in total. The third kappa shape index (κ3) is 3.41. The maximum absolute atomic E-state index is 13.9. The lowest BCUT2D eigenvalue weighted by atomic mass is 10.1. The lowest BCUT2D eigenvalue weighted by Crippen LogP contribution is -2.49. The van der Waals surface area contributed by atoms with Gasteiger partial charge >= 0.3 is 6.09 Å². The first-order chi connectivity index (χ1) is 10.0. The molecule has 2 rings (SSSR count). The number of hydrogen-bond acceptors (Lipinski definition) is 4. The number of nitrogens with zero attached hydrogens (tertiary/aromatic N) is 2. The highest BCUT2D eigenvalue weighted by Crippen LogP contribution is 2.24. The van der Waals surface area contributed by atoms with Crippen LogP contribution in [-0.2, 0) is 4.74 Å². The van der Waals surface area contributed by atoms with Crippen molar-refractivity contribution in [1.29, 1.82) is 0 Å². The molecule has 21 heavy (non-hydrogen) atoms. The second kappa shape index (κ2) is 6.71. The molecule has 1 saturated heterocycles. The summed E-state index contributed by atoms with van der Waals surface area (Å²) < 4.78 is 18.9. The van der Waals surface area contributed by atoms with Gasteiger partial charge in [0.15, 0.2) is 0 Å². The lowest BCUT2D eigenvalue weighted by Gasteiger charge is -2.36. The molecule has 1 amide bonds. The summed E-state index contributed by atoms with van der Waals surface area (Å²) in [5, 5.41) is 0. The number of rotatable bonds is 3. The molecule has 1 fully saturated rings. The third-order valence-corrected chi connectivity index (χ3v) is 3.59. The first-order valence-corrected chi connectivity index (χ1v) is 7.20. The number of carbonyl (C=O) groups is 1. The summed E-state index contributed by atoms with van der Waals surface area (Å²) in [6, 6.07) is 4.76. The van der Waals surface area contributed by atoms with Crippen molar-refractivity contribution in [2.75, 3.05) is 37.7 Å². The van der Waals surface area contributed by atoms with Gasteiger partial charge in [-0.25, -0.2) is 9.18 Å². The zero-order chi connectivity index (χ0) is 15.4. The van der Waals surface area contributed by atoms with Crippen LogP contribution < -0.4 is 10.6 Å². The van der Waals surface area contributed by atoms with Crippen molar-refractivity contribution in [1.82, 2.24) is 4.90 Å². The average Bonchev–Trinajstić information content (AvgIpc) is 2.47. The number of anilines is 1. The molecule has 1 aromatic carbocycles. The molecule has 0 unspecified atom stereocenters. The second-order valence-electron chi connectivity index (χ2n) is 4.67. The van der Waals surface area contributed by atoms with Gasteiger partial charge in [0.2, 0.25) is 0 Å². The number of carbonyl (C=O) groups excluding carboxylic acids is 1. The minimum atomic E-state index is -0.423. The van der Waals surface area contributed by atoms with Gasteiger partial charge in [0.05, 0.1) is 17.9 Å². The number of hydrogen-bond donors (Lipinski definition) is 1. The fourth-order valence-corrected chi connectivity index (χ4v) is 2.57. The maximum atomic E-state index is 13.9. The Balaban J connectivity index is 2.11. The standard InChI is InChI=1S/C14H18FN3O2S/c1-2-20-14(19)18-8-6-17(7-9-18)11-5-3-4-10(15)12(11)13(16)21/h3-5H,2,6-9H2,1H3,(H2,16,21). The molecule has 0 aliphatic carbocycles. The molecule has 0 saturated carbocycles. The molecule has 114 valence electrons. The van der Waals surface area contributed by atoms with Crippen LogP contribution >= 0.6 is 12.2 Å². The minimum absolute atomic E-state index is 0.0379. The van der Waals surface area contributed by atoms with Gasteiger partial charge in [-0.3, -0.25) is 0 Å². The van der Waals surface area contributed by atoms with Crippen LogP contribution in [0, 0.1) is 5.82 Å². The Kier molecular flexibility index (Phi) is 4.95. The van der Waals surface area contributed by atoms with Crippen LogP contribution in [0.1, 0.15) is 12.5 Å². The molecular weight excluding hydrogens is 293 g/mol. The lowest BCUT2D eigenvalue weighted by molar-refractivity contribution is 0.105. The Hall–Kier alpha value is -1.89. The van der Waals surface area contributed by atoms with Crippen molar-refractivity contribution in [3.63, 3.8) is 0 Å². The van der Waals surface area contributed by atoms with Gasteiger partial charge in [-0.1, -0.05) is 18.3 Å². The maximum Gasteiger partial charge on any atom is 0.409 e. The van der Waals surface area contributed by atoms with E-state index in [4.69, 9.17) is 22.7 Å². The summed E-state index contributed by atoms with van der Waals surface area (Å²) in [4.78, 5) is 15.3. The molecule has 1 heterocycles. The highest BCUT2D eigenvalue weighted by Gasteiger charge is 2.24. The van der Waals surface area contributed by atoms with Crippen LogP contribution in [0.15, 0.2) is 18.2 Å². The third-order valence-electron chi connectivity index (χ3n) is 3.38. The van der Waals surface area contributed by atoms with Gasteiger partial charge in [-0.15, -0.1) is 0 Å². The quantitative estimate of drug-likeness (QED) is 0.862. The van der Waals surface area contributed by atoms with E-state index < -0.39 is 5.82 Å². The molecule has 1 aromatic rings. The van der Waals surface area contributed by atoms with Gasteiger partial charge < -0.3 is 20.3 Å². The number of piperazine rings is 1. The summed E-state index contributed by atoms with van der Waals surface area (Å²) in [6.07, 6.45) is -0.314. The molecule has 0 spiro atoms. The highest BCUT2D eigenvalue weighted by molar-refractivity contribution is 7.80. The molecule has 1 aliphatic heterocycles. The van der Waals surface area contributed by atoms with Crippen molar-refractivity contribution in [3.8, 4) is 0 Å². The van der Waals surface area contributed by atoms with E-state index in [2.05, 4.69) is 0 Å². The van der Waals surface area contributed by atoms with Crippen LogP contribution in [-0.4, -0.2) is 48.8 Å². The molecule has 0 bridgehead atoms.